The third-order valence-electron chi connectivity index (χ3n) is 1.84. The first-order valence-electron chi connectivity index (χ1n) is 5.34. The lowest BCUT2D eigenvalue weighted by Gasteiger charge is -2.24. The van der Waals surface area contributed by atoms with Crippen LogP contribution in [-0.4, -0.2) is 42.6 Å². The summed E-state index contributed by atoms with van der Waals surface area (Å²) in [6, 6.07) is 0. The summed E-state index contributed by atoms with van der Waals surface area (Å²) in [6.07, 6.45) is 0. The van der Waals surface area contributed by atoms with Crippen molar-refractivity contribution in [2.45, 2.75) is 27.7 Å². The van der Waals surface area contributed by atoms with E-state index in [1.54, 1.807) is 0 Å². The SMILES string of the molecule is CC(C)CN(CC(C)C)S(=O)(=O)CC(=O)O. The predicted octanol–water partition coefficient (Wildman–Crippen LogP) is 1.01. The molecule has 0 aromatic rings. The summed E-state index contributed by atoms with van der Waals surface area (Å²) < 4.78 is 24.8. The first-order chi connectivity index (χ1) is 7.15. The molecular formula is C10H21NO4S. The molecule has 0 saturated carbocycles. The molecule has 0 aromatic heterocycles. The van der Waals surface area contributed by atoms with Crippen LogP contribution >= 0.6 is 0 Å². The lowest BCUT2D eigenvalue weighted by molar-refractivity contribution is -0.134. The van der Waals surface area contributed by atoms with E-state index in [0.717, 1.165) is 0 Å². The Bertz CT molecular complexity index is 312. The lowest BCUT2D eigenvalue weighted by atomic mass is 10.2. The Morgan fingerprint density at radius 3 is 1.75 bits per heavy atom. The third kappa shape index (κ3) is 6.07. The Kier molecular flexibility index (Phi) is 5.96. The van der Waals surface area contributed by atoms with Gasteiger partial charge in [0.1, 0.15) is 0 Å². The van der Waals surface area contributed by atoms with Gasteiger partial charge in [-0.25, -0.2) is 12.7 Å². The molecule has 96 valence electrons. The molecular weight excluding hydrogens is 230 g/mol. The number of carboxylic acid groups (broad SMARTS) is 1. The summed E-state index contributed by atoms with van der Waals surface area (Å²) in [5.74, 6) is -1.77. The fourth-order valence-electron chi connectivity index (χ4n) is 1.36. The fourth-order valence-corrected chi connectivity index (χ4v) is 2.91. The zero-order valence-corrected chi connectivity index (χ0v) is 11.1. The van der Waals surface area contributed by atoms with Crippen LogP contribution in [0.15, 0.2) is 0 Å². The zero-order valence-electron chi connectivity index (χ0n) is 10.3. The molecule has 16 heavy (non-hydrogen) atoms. The van der Waals surface area contributed by atoms with Gasteiger partial charge in [-0.05, 0) is 11.8 Å². The molecule has 0 aliphatic rings. The highest BCUT2D eigenvalue weighted by molar-refractivity contribution is 7.89. The van der Waals surface area contributed by atoms with Gasteiger partial charge in [0.25, 0.3) is 0 Å². The van der Waals surface area contributed by atoms with Gasteiger partial charge in [0, 0.05) is 13.1 Å². The zero-order chi connectivity index (χ0) is 12.9. The molecule has 5 nitrogen and oxygen atoms in total. The van der Waals surface area contributed by atoms with E-state index in [-0.39, 0.29) is 11.8 Å². The normalized spacial score (nSPS) is 12.7. The number of nitrogens with zero attached hydrogens (tertiary/aromatic N) is 1. The highest BCUT2D eigenvalue weighted by Crippen LogP contribution is 2.10. The van der Waals surface area contributed by atoms with E-state index in [1.807, 2.05) is 27.7 Å². The van der Waals surface area contributed by atoms with Crippen molar-refractivity contribution < 1.29 is 18.3 Å². The maximum absolute atomic E-state index is 11.8. The van der Waals surface area contributed by atoms with Gasteiger partial charge < -0.3 is 5.11 Å². The molecule has 0 spiro atoms. The number of rotatable bonds is 7. The average Bonchev–Trinajstić information content (AvgIpc) is 1.98. The highest BCUT2D eigenvalue weighted by Gasteiger charge is 2.26. The van der Waals surface area contributed by atoms with E-state index in [2.05, 4.69) is 0 Å². The maximum Gasteiger partial charge on any atom is 0.320 e. The van der Waals surface area contributed by atoms with Crippen LogP contribution in [0.3, 0.4) is 0 Å². The molecule has 0 aliphatic heterocycles. The summed E-state index contributed by atoms with van der Waals surface area (Å²) in [5, 5.41) is 8.56. The van der Waals surface area contributed by atoms with Crippen molar-refractivity contribution in [1.29, 1.82) is 0 Å². The van der Waals surface area contributed by atoms with E-state index < -0.39 is 21.7 Å². The Hall–Kier alpha value is -0.620. The number of aliphatic carboxylic acids is 1. The molecule has 0 aliphatic carbocycles. The largest absolute Gasteiger partial charge is 0.480 e. The number of sulfonamides is 1. The molecule has 0 saturated heterocycles. The molecule has 6 heteroatoms. The fraction of sp³-hybridized carbons (Fsp3) is 0.900. The van der Waals surface area contributed by atoms with Crippen molar-refractivity contribution in [3.05, 3.63) is 0 Å². The first kappa shape index (κ1) is 15.4. The van der Waals surface area contributed by atoms with Crippen LogP contribution < -0.4 is 0 Å². The molecule has 0 aromatic carbocycles. The van der Waals surface area contributed by atoms with Crippen LogP contribution in [-0.2, 0) is 14.8 Å². The molecule has 0 fully saturated rings. The number of hydrogen-bond donors (Lipinski definition) is 1. The van der Waals surface area contributed by atoms with Crippen molar-refractivity contribution >= 4 is 16.0 Å². The molecule has 0 amide bonds. The average molecular weight is 251 g/mol. The van der Waals surface area contributed by atoms with Gasteiger partial charge in [-0.2, -0.15) is 0 Å². The van der Waals surface area contributed by atoms with E-state index in [0.29, 0.717) is 13.1 Å². The Balaban J connectivity index is 4.79. The van der Waals surface area contributed by atoms with E-state index in [4.69, 9.17) is 5.11 Å². The van der Waals surface area contributed by atoms with Gasteiger partial charge in [0.05, 0.1) is 0 Å². The second-order valence-electron chi connectivity index (χ2n) is 4.75. The highest BCUT2D eigenvalue weighted by atomic mass is 32.2. The minimum Gasteiger partial charge on any atom is -0.480 e. The van der Waals surface area contributed by atoms with Crippen molar-refractivity contribution in [3.8, 4) is 0 Å². The van der Waals surface area contributed by atoms with Gasteiger partial charge in [-0.15, -0.1) is 0 Å². The molecule has 0 radical (unpaired) electrons. The van der Waals surface area contributed by atoms with Crippen LogP contribution in [0.2, 0.25) is 0 Å². The summed E-state index contributed by atoms with van der Waals surface area (Å²) >= 11 is 0. The van der Waals surface area contributed by atoms with Crippen molar-refractivity contribution in [2.75, 3.05) is 18.8 Å². The predicted molar refractivity (Wildman–Crippen MR) is 62.7 cm³/mol. The van der Waals surface area contributed by atoms with Gasteiger partial charge >= 0.3 is 5.97 Å². The Labute approximate surface area is 97.5 Å². The van der Waals surface area contributed by atoms with Crippen LogP contribution in [0, 0.1) is 11.8 Å². The molecule has 0 rings (SSSR count). The van der Waals surface area contributed by atoms with Crippen LogP contribution in [0.4, 0.5) is 0 Å². The standard InChI is InChI=1S/C10H21NO4S/c1-8(2)5-11(6-9(3)4)16(14,15)7-10(12)13/h8-9H,5-7H2,1-4H3,(H,12,13). The number of carbonyl (C=O) groups is 1. The molecule has 0 unspecified atom stereocenters. The van der Waals surface area contributed by atoms with Gasteiger partial charge in [0.2, 0.25) is 10.0 Å². The van der Waals surface area contributed by atoms with Crippen molar-refractivity contribution in [2.24, 2.45) is 11.8 Å². The molecule has 0 bridgehead atoms. The van der Waals surface area contributed by atoms with Gasteiger partial charge in [-0.1, -0.05) is 27.7 Å². The minimum atomic E-state index is -3.68. The molecule has 0 atom stereocenters. The molecule has 0 heterocycles. The molecule has 1 N–H and O–H groups in total. The quantitative estimate of drug-likeness (QED) is 0.733. The number of hydrogen-bond acceptors (Lipinski definition) is 3. The first-order valence-corrected chi connectivity index (χ1v) is 6.95. The topological polar surface area (TPSA) is 74.7 Å². The second-order valence-corrected chi connectivity index (χ2v) is 6.72. The maximum atomic E-state index is 11.8. The minimum absolute atomic E-state index is 0.183. The third-order valence-corrected chi connectivity index (χ3v) is 3.53. The van der Waals surface area contributed by atoms with Crippen LogP contribution in [0.25, 0.3) is 0 Å². The van der Waals surface area contributed by atoms with Gasteiger partial charge in [0.15, 0.2) is 5.75 Å². The second kappa shape index (κ2) is 6.20. The Morgan fingerprint density at radius 2 is 1.50 bits per heavy atom. The van der Waals surface area contributed by atoms with E-state index in [1.165, 1.54) is 4.31 Å². The number of carboxylic acids is 1. The van der Waals surface area contributed by atoms with Crippen LogP contribution in [0.1, 0.15) is 27.7 Å². The summed E-state index contributed by atoms with van der Waals surface area (Å²) in [7, 11) is -3.68. The van der Waals surface area contributed by atoms with E-state index in [9.17, 15) is 13.2 Å². The van der Waals surface area contributed by atoms with Crippen molar-refractivity contribution in [1.82, 2.24) is 4.31 Å². The monoisotopic (exact) mass is 251 g/mol. The summed E-state index contributed by atoms with van der Waals surface area (Å²) in [5.41, 5.74) is 0. The van der Waals surface area contributed by atoms with Crippen molar-refractivity contribution in [3.63, 3.8) is 0 Å². The van der Waals surface area contributed by atoms with Crippen LogP contribution in [0.5, 0.6) is 0 Å². The smallest absolute Gasteiger partial charge is 0.320 e. The van der Waals surface area contributed by atoms with Gasteiger partial charge in [-0.3, -0.25) is 4.79 Å². The lowest BCUT2D eigenvalue weighted by Crippen LogP contribution is -2.40. The van der Waals surface area contributed by atoms with E-state index >= 15 is 0 Å². The summed E-state index contributed by atoms with van der Waals surface area (Å²) in [6.45, 7) is 8.36. The Morgan fingerprint density at radius 1 is 1.12 bits per heavy atom. The summed E-state index contributed by atoms with van der Waals surface area (Å²) in [4.78, 5) is 10.5.